The van der Waals surface area contributed by atoms with Crippen molar-refractivity contribution in [1.82, 2.24) is 19.8 Å². The van der Waals surface area contributed by atoms with Gasteiger partial charge in [0.1, 0.15) is 0 Å². The van der Waals surface area contributed by atoms with Crippen LogP contribution in [0.1, 0.15) is 34.8 Å². The zero-order valence-electron chi connectivity index (χ0n) is 23.1. The van der Waals surface area contributed by atoms with Crippen molar-refractivity contribution in [3.63, 3.8) is 0 Å². The highest BCUT2D eigenvalue weighted by molar-refractivity contribution is 7.99. The fourth-order valence-electron chi connectivity index (χ4n) is 4.30. The number of nitrogens with one attached hydrogen (secondary N) is 1. The number of hydrogen-bond donors (Lipinski definition) is 2. The first-order valence-electron chi connectivity index (χ1n) is 13.5. The Morgan fingerprint density at radius 1 is 0.951 bits per heavy atom. The smallest absolute Gasteiger partial charge is 0.289 e. The van der Waals surface area contributed by atoms with Gasteiger partial charge in [0.2, 0.25) is 5.95 Å². The molecule has 2 aromatic heterocycles. The zero-order chi connectivity index (χ0) is 28.8. The van der Waals surface area contributed by atoms with Crippen molar-refractivity contribution in [3.05, 3.63) is 90.5 Å². The summed E-state index contributed by atoms with van der Waals surface area (Å²) in [5.41, 5.74) is 3.00. The van der Waals surface area contributed by atoms with Gasteiger partial charge < -0.3 is 24.6 Å². The fraction of sp³-hybridized carbons (Fsp3) is 0.290. The number of furan rings is 1. The maximum atomic E-state index is 13.1. The Labute approximate surface area is 243 Å². The van der Waals surface area contributed by atoms with Gasteiger partial charge in [-0.15, -0.1) is 11.8 Å². The molecule has 2 N–H and O–H groups in total. The lowest BCUT2D eigenvalue weighted by Crippen LogP contribution is -2.50. The van der Waals surface area contributed by atoms with Crippen molar-refractivity contribution in [2.24, 2.45) is 5.41 Å². The van der Waals surface area contributed by atoms with Crippen molar-refractivity contribution < 1.29 is 19.1 Å². The molecule has 10 heteroatoms. The topological polar surface area (TPSA) is 112 Å². The van der Waals surface area contributed by atoms with E-state index in [1.807, 2.05) is 44.2 Å². The molecule has 212 valence electrons. The molecule has 1 aliphatic heterocycles. The van der Waals surface area contributed by atoms with E-state index in [-0.39, 0.29) is 23.8 Å². The Balaban J connectivity index is 1.16. The predicted octanol–water partition coefficient (Wildman–Crippen LogP) is 5.19. The van der Waals surface area contributed by atoms with Crippen LogP contribution in [0, 0.1) is 5.41 Å². The Kier molecular flexibility index (Phi) is 8.70. The summed E-state index contributed by atoms with van der Waals surface area (Å²) in [5, 5.41) is 12.7. The summed E-state index contributed by atoms with van der Waals surface area (Å²) < 4.78 is 5.21. The molecule has 2 amide bonds. The van der Waals surface area contributed by atoms with Crippen molar-refractivity contribution in [1.29, 1.82) is 0 Å². The van der Waals surface area contributed by atoms with Gasteiger partial charge in [0.25, 0.3) is 11.8 Å². The lowest BCUT2D eigenvalue weighted by molar-refractivity contribution is 0.0518. The number of benzene rings is 2. The van der Waals surface area contributed by atoms with Crippen LogP contribution >= 0.6 is 11.8 Å². The SMILES string of the molecule is CC(C)(CO)CSc1ccc(-c2ccnc(Nc3ccc(C(=O)N4CCN(C(=O)c5ccco5)CC4)cc3)n2)cc1. The van der Waals surface area contributed by atoms with Gasteiger partial charge in [-0.1, -0.05) is 26.0 Å². The maximum absolute atomic E-state index is 13.1. The summed E-state index contributed by atoms with van der Waals surface area (Å²) in [6, 6.07) is 20.6. The van der Waals surface area contributed by atoms with Crippen LogP contribution in [-0.2, 0) is 0 Å². The Morgan fingerprint density at radius 3 is 2.27 bits per heavy atom. The molecule has 0 radical (unpaired) electrons. The first-order chi connectivity index (χ1) is 19.8. The van der Waals surface area contributed by atoms with Gasteiger partial charge in [-0.05, 0) is 60.0 Å². The van der Waals surface area contributed by atoms with Crippen LogP contribution in [0.3, 0.4) is 0 Å². The van der Waals surface area contributed by atoms with E-state index in [1.165, 1.54) is 6.26 Å². The largest absolute Gasteiger partial charge is 0.459 e. The summed E-state index contributed by atoms with van der Waals surface area (Å²) in [4.78, 5) is 39.1. The minimum atomic E-state index is -0.154. The van der Waals surface area contributed by atoms with E-state index in [1.54, 1.807) is 52.0 Å². The number of piperazine rings is 1. The molecule has 0 saturated carbocycles. The number of thioether (sulfide) groups is 1. The summed E-state index contributed by atoms with van der Waals surface area (Å²) in [6.45, 7) is 6.10. The van der Waals surface area contributed by atoms with Crippen LogP contribution in [0.2, 0.25) is 0 Å². The van der Waals surface area contributed by atoms with Crippen molar-refractivity contribution >= 4 is 35.2 Å². The predicted molar refractivity (Wildman–Crippen MR) is 159 cm³/mol. The number of rotatable bonds is 9. The molecule has 0 spiro atoms. The van der Waals surface area contributed by atoms with Gasteiger partial charge >= 0.3 is 0 Å². The minimum absolute atomic E-state index is 0.0681. The number of aromatic nitrogens is 2. The minimum Gasteiger partial charge on any atom is -0.459 e. The van der Waals surface area contributed by atoms with Crippen LogP contribution in [0.25, 0.3) is 11.3 Å². The molecular formula is C31H33N5O4S. The van der Waals surface area contributed by atoms with E-state index in [4.69, 9.17) is 4.42 Å². The van der Waals surface area contributed by atoms with Crippen molar-refractivity contribution in [3.8, 4) is 11.3 Å². The van der Waals surface area contributed by atoms with Gasteiger partial charge in [0.15, 0.2) is 5.76 Å². The lowest BCUT2D eigenvalue weighted by atomic mass is 9.98. The van der Waals surface area contributed by atoms with Crippen LogP contribution in [0.4, 0.5) is 11.6 Å². The van der Waals surface area contributed by atoms with E-state index in [9.17, 15) is 14.7 Å². The van der Waals surface area contributed by atoms with Crippen molar-refractivity contribution in [2.45, 2.75) is 18.7 Å². The van der Waals surface area contributed by atoms with Gasteiger partial charge in [0, 0.05) is 66.4 Å². The van der Waals surface area contributed by atoms with Gasteiger partial charge in [-0.25, -0.2) is 9.97 Å². The number of nitrogens with zero attached hydrogens (tertiary/aromatic N) is 4. The second-order valence-corrected chi connectivity index (χ2v) is 11.7. The number of hydrogen-bond acceptors (Lipinski definition) is 8. The van der Waals surface area contributed by atoms with E-state index in [2.05, 4.69) is 27.4 Å². The molecule has 0 bridgehead atoms. The average Bonchev–Trinajstić information content (AvgIpc) is 3.56. The molecule has 0 unspecified atom stereocenters. The monoisotopic (exact) mass is 571 g/mol. The van der Waals surface area contributed by atoms with E-state index in [0.29, 0.717) is 43.5 Å². The third-order valence-electron chi connectivity index (χ3n) is 6.84. The zero-order valence-corrected chi connectivity index (χ0v) is 23.9. The second kappa shape index (κ2) is 12.6. The van der Waals surface area contributed by atoms with Crippen LogP contribution in [0.5, 0.6) is 0 Å². The highest BCUT2D eigenvalue weighted by Crippen LogP contribution is 2.29. The first-order valence-corrected chi connectivity index (χ1v) is 14.5. The van der Waals surface area contributed by atoms with E-state index in [0.717, 1.165) is 27.6 Å². The Hall–Kier alpha value is -4.15. The molecule has 3 heterocycles. The Morgan fingerprint density at radius 2 is 1.63 bits per heavy atom. The number of carbonyl (C=O) groups excluding carboxylic acids is 2. The van der Waals surface area contributed by atoms with Gasteiger partial charge in [-0.3, -0.25) is 9.59 Å². The molecule has 0 atom stereocenters. The number of carbonyl (C=O) groups is 2. The third-order valence-corrected chi connectivity index (χ3v) is 8.37. The first kappa shape index (κ1) is 28.4. The summed E-state index contributed by atoms with van der Waals surface area (Å²) in [6.07, 6.45) is 3.20. The highest BCUT2D eigenvalue weighted by Gasteiger charge is 2.26. The molecular weight excluding hydrogens is 538 g/mol. The summed E-state index contributed by atoms with van der Waals surface area (Å²) in [7, 11) is 0. The normalized spacial score (nSPS) is 13.7. The van der Waals surface area contributed by atoms with Crippen LogP contribution in [0.15, 0.2) is 88.5 Å². The molecule has 1 saturated heterocycles. The van der Waals surface area contributed by atoms with Gasteiger partial charge in [0.05, 0.1) is 12.0 Å². The van der Waals surface area contributed by atoms with Gasteiger partial charge in [-0.2, -0.15) is 0 Å². The molecule has 5 rings (SSSR count). The average molecular weight is 572 g/mol. The number of anilines is 2. The van der Waals surface area contributed by atoms with E-state index < -0.39 is 0 Å². The molecule has 4 aromatic rings. The summed E-state index contributed by atoms with van der Waals surface area (Å²) in [5.74, 6) is 1.38. The molecule has 41 heavy (non-hydrogen) atoms. The standard InChI is InChI=1S/C31H33N5O4S/c1-31(2,20-37)21-41-25-11-7-22(8-12-25)26-13-14-32-30(34-26)33-24-9-5-23(6-10-24)28(38)35-15-17-36(18-16-35)29(39)27-4-3-19-40-27/h3-14,19,37H,15-18,20-21H2,1-2H3,(H,32,33,34). The molecule has 1 fully saturated rings. The lowest BCUT2D eigenvalue weighted by Gasteiger charge is -2.34. The number of aliphatic hydroxyl groups excluding tert-OH is 1. The molecule has 9 nitrogen and oxygen atoms in total. The number of aliphatic hydroxyl groups is 1. The quantitative estimate of drug-likeness (QED) is 0.264. The molecule has 2 aromatic carbocycles. The number of amides is 2. The van der Waals surface area contributed by atoms with Crippen molar-refractivity contribution in [2.75, 3.05) is 43.9 Å². The maximum Gasteiger partial charge on any atom is 0.289 e. The van der Waals surface area contributed by atoms with Crippen LogP contribution in [-0.4, -0.2) is 75.2 Å². The fourth-order valence-corrected chi connectivity index (χ4v) is 5.28. The highest BCUT2D eigenvalue weighted by atomic mass is 32.2. The summed E-state index contributed by atoms with van der Waals surface area (Å²) >= 11 is 1.72. The Bertz CT molecular complexity index is 1470. The molecule has 0 aliphatic carbocycles. The van der Waals surface area contributed by atoms with E-state index >= 15 is 0 Å². The third kappa shape index (κ3) is 7.14. The second-order valence-electron chi connectivity index (χ2n) is 10.7. The van der Waals surface area contributed by atoms with Crippen LogP contribution < -0.4 is 5.32 Å². The molecule has 1 aliphatic rings.